The van der Waals surface area contributed by atoms with Crippen LogP contribution in [0.5, 0.6) is 0 Å². The smallest absolute Gasteiger partial charge is 0.266 e. The minimum absolute atomic E-state index is 0.0145. The molecule has 1 aromatic heterocycles. The topological polar surface area (TPSA) is 78.0 Å². The van der Waals surface area contributed by atoms with Gasteiger partial charge in [0, 0.05) is 18.2 Å². The van der Waals surface area contributed by atoms with Gasteiger partial charge < -0.3 is 0 Å². The van der Waals surface area contributed by atoms with Crippen molar-refractivity contribution in [2.45, 2.75) is 13.0 Å². The second-order valence-corrected chi connectivity index (χ2v) is 4.76. The Morgan fingerprint density at radius 1 is 1.30 bits per heavy atom. The van der Waals surface area contributed by atoms with Crippen LogP contribution in [0.15, 0.2) is 35.3 Å². The maximum Gasteiger partial charge on any atom is 0.287 e. The lowest BCUT2D eigenvalue weighted by atomic mass is 10.1. The summed E-state index contributed by atoms with van der Waals surface area (Å²) < 4.78 is 1.13. The highest BCUT2D eigenvalue weighted by Crippen LogP contribution is 2.19. The van der Waals surface area contributed by atoms with Crippen LogP contribution in [0.3, 0.4) is 0 Å². The van der Waals surface area contributed by atoms with Crippen molar-refractivity contribution in [1.82, 2.24) is 9.78 Å². The number of aromatic nitrogens is 2. The maximum atomic E-state index is 11.8. The van der Waals surface area contributed by atoms with E-state index >= 15 is 0 Å². The van der Waals surface area contributed by atoms with Crippen LogP contribution >= 0.6 is 23.2 Å². The molecule has 0 spiro atoms. The molecule has 0 N–H and O–H groups in total. The van der Waals surface area contributed by atoms with Crippen LogP contribution in [0.4, 0.5) is 5.69 Å². The Kier molecular flexibility index (Phi) is 4.36. The number of nitrogens with zero attached hydrogens (tertiary/aromatic N) is 3. The summed E-state index contributed by atoms with van der Waals surface area (Å²) in [7, 11) is 0. The number of hydrogen-bond donors (Lipinski definition) is 0. The van der Waals surface area contributed by atoms with Gasteiger partial charge in [0.05, 0.1) is 16.1 Å². The van der Waals surface area contributed by atoms with Gasteiger partial charge in [-0.25, -0.2) is 4.68 Å². The Labute approximate surface area is 123 Å². The van der Waals surface area contributed by atoms with Gasteiger partial charge in [-0.1, -0.05) is 41.4 Å². The molecule has 0 aliphatic carbocycles. The van der Waals surface area contributed by atoms with Gasteiger partial charge >= 0.3 is 0 Å². The Morgan fingerprint density at radius 2 is 2.00 bits per heavy atom. The molecule has 6 nitrogen and oxygen atoms in total. The van der Waals surface area contributed by atoms with E-state index in [9.17, 15) is 14.9 Å². The van der Waals surface area contributed by atoms with Gasteiger partial charge in [0.15, 0.2) is 0 Å². The van der Waals surface area contributed by atoms with Crippen LogP contribution in [0, 0.1) is 10.1 Å². The molecule has 0 fully saturated rings. The van der Waals surface area contributed by atoms with Crippen molar-refractivity contribution in [3.8, 4) is 0 Å². The summed E-state index contributed by atoms with van der Waals surface area (Å²) in [6.07, 6.45) is 1.56. The summed E-state index contributed by atoms with van der Waals surface area (Å²) in [5.41, 5.74) is 0.0237. The largest absolute Gasteiger partial charge is 0.287 e. The first-order valence-electron chi connectivity index (χ1n) is 5.64. The molecule has 2 rings (SSSR count). The number of para-hydroxylation sites is 1. The number of aryl methyl sites for hydroxylation is 2. The van der Waals surface area contributed by atoms with Crippen LogP contribution in [0.2, 0.25) is 10.0 Å². The van der Waals surface area contributed by atoms with Crippen molar-refractivity contribution in [2.75, 3.05) is 0 Å². The van der Waals surface area contributed by atoms with Gasteiger partial charge in [-0.3, -0.25) is 14.9 Å². The molecule has 0 atom stereocenters. The average molecular weight is 314 g/mol. The molecule has 20 heavy (non-hydrogen) atoms. The zero-order valence-electron chi connectivity index (χ0n) is 10.1. The third-order valence-corrected chi connectivity index (χ3v) is 3.47. The molecule has 1 heterocycles. The molecular formula is C12H9Cl2N3O3. The maximum absolute atomic E-state index is 11.8. The predicted octanol–water partition coefficient (Wildman–Crippen LogP) is 2.70. The van der Waals surface area contributed by atoms with Crippen molar-refractivity contribution in [3.05, 3.63) is 66.5 Å². The second kappa shape index (κ2) is 6.02. The monoisotopic (exact) mass is 313 g/mol. The lowest BCUT2D eigenvalue weighted by Crippen LogP contribution is -2.24. The van der Waals surface area contributed by atoms with Gasteiger partial charge in [-0.15, -0.1) is 0 Å². The van der Waals surface area contributed by atoms with Crippen LogP contribution in [0.25, 0.3) is 0 Å². The molecule has 0 aliphatic rings. The minimum Gasteiger partial charge on any atom is -0.266 e. The lowest BCUT2D eigenvalue weighted by molar-refractivity contribution is -0.385. The number of halogens is 2. The number of benzene rings is 1. The van der Waals surface area contributed by atoms with Gasteiger partial charge in [0.25, 0.3) is 11.2 Å². The molecule has 0 saturated carbocycles. The normalized spacial score (nSPS) is 10.5. The molecule has 1 aromatic carbocycles. The van der Waals surface area contributed by atoms with E-state index in [0.29, 0.717) is 12.0 Å². The number of rotatable bonds is 4. The summed E-state index contributed by atoms with van der Waals surface area (Å²) in [5.74, 6) is 0. The molecule has 0 amide bonds. The first-order valence-corrected chi connectivity index (χ1v) is 6.39. The number of hydrogen-bond acceptors (Lipinski definition) is 4. The third-order valence-electron chi connectivity index (χ3n) is 2.72. The summed E-state index contributed by atoms with van der Waals surface area (Å²) in [5, 5.41) is 14.7. The standard InChI is InChI=1S/C12H9Cl2N3O3/c13-9-7-15-16(12(18)11(9)14)6-5-8-3-1-2-4-10(8)17(19)20/h1-4,7H,5-6H2. The van der Waals surface area contributed by atoms with Gasteiger partial charge in [-0.05, 0) is 6.42 Å². The fraction of sp³-hybridized carbons (Fsp3) is 0.167. The van der Waals surface area contributed by atoms with Crippen molar-refractivity contribution < 1.29 is 4.92 Å². The van der Waals surface area contributed by atoms with E-state index in [0.717, 1.165) is 4.68 Å². The summed E-state index contributed by atoms with van der Waals surface area (Å²) in [4.78, 5) is 22.2. The quantitative estimate of drug-likeness (QED) is 0.642. The van der Waals surface area contributed by atoms with Crippen molar-refractivity contribution in [3.63, 3.8) is 0 Å². The number of nitro groups is 1. The Morgan fingerprint density at radius 3 is 2.70 bits per heavy atom. The van der Waals surface area contributed by atoms with E-state index < -0.39 is 10.5 Å². The van der Waals surface area contributed by atoms with Crippen molar-refractivity contribution in [1.29, 1.82) is 0 Å². The highest BCUT2D eigenvalue weighted by molar-refractivity contribution is 6.41. The summed E-state index contributed by atoms with van der Waals surface area (Å²) in [6, 6.07) is 6.35. The molecule has 2 aromatic rings. The fourth-order valence-corrected chi connectivity index (χ4v) is 2.00. The van der Waals surface area contributed by atoms with E-state index in [2.05, 4.69) is 5.10 Å². The molecule has 8 heteroatoms. The zero-order valence-corrected chi connectivity index (χ0v) is 11.6. The highest BCUT2D eigenvalue weighted by atomic mass is 35.5. The molecule has 0 bridgehead atoms. The van der Waals surface area contributed by atoms with Gasteiger partial charge in [-0.2, -0.15) is 5.10 Å². The molecular weight excluding hydrogens is 305 g/mol. The Hall–Kier alpha value is -1.92. The third kappa shape index (κ3) is 2.97. The zero-order chi connectivity index (χ0) is 14.7. The molecule has 0 saturated heterocycles. The van der Waals surface area contributed by atoms with E-state index in [1.165, 1.54) is 12.3 Å². The van der Waals surface area contributed by atoms with Crippen molar-refractivity contribution >= 4 is 28.9 Å². The summed E-state index contributed by atoms with van der Waals surface area (Å²) >= 11 is 11.4. The average Bonchev–Trinajstić information content (AvgIpc) is 2.44. The van der Waals surface area contributed by atoms with E-state index in [1.807, 2.05) is 0 Å². The van der Waals surface area contributed by atoms with E-state index in [1.54, 1.807) is 18.2 Å². The highest BCUT2D eigenvalue weighted by Gasteiger charge is 2.13. The van der Waals surface area contributed by atoms with Crippen LogP contribution in [0.1, 0.15) is 5.56 Å². The lowest BCUT2D eigenvalue weighted by Gasteiger charge is -2.06. The number of nitro benzene ring substituents is 1. The van der Waals surface area contributed by atoms with Crippen LogP contribution < -0.4 is 5.56 Å². The first-order chi connectivity index (χ1) is 9.50. The van der Waals surface area contributed by atoms with Gasteiger partial charge in [0.1, 0.15) is 5.02 Å². The van der Waals surface area contributed by atoms with Gasteiger partial charge in [0.2, 0.25) is 0 Å². The molecule has 0 radical (unpaired) electrons. The van der Waals surface area contributed by atoms with E-state index in [-0.39, 0.29) is 22.3 Å². The predicted molar refractivity (Wildman–Crippen MR) is 75.3 cm³/mol. The molecule has 0 unspecified atom stereocenters. The van der Waals surface area contributed by atoms with Crippen molar-refractivity contribution in [2.24, 2.45) is 0 Å². The SMILES string of the molecule is O=c1c(Cl)c(Cl)cnn1CCc1ccccc1[N+](=O)[O-]. The fourth-order valence-electron chi connectivity index (χ4n) is 1.73. The molecule has 0 aliphatic heterocycles. The minimum atomic E-state index is -0.516. The van der Waals surface area contributed by atoms with E-state index in [4.69, 9.17) is 23.2 Å². The Balaban J connectivity index is 2.24. The van der Waals surface area contributed by atoms with Crippen LogP contribution in [-0.2, 0) is 13.0 Å². The second-order valence-electron chi connectivity index (χ2n) is 3.97. The van der Waals surface area contributed by atoms with Crippen LogP contribution in [-0.4, -0.2) is 14.7 Å². The first kappa shape index (κ1) is 14.5. The summed E-state index contributed by atoms with van der Waals surface area (Å²) in [6.45, 7) is 0.181. The Bertz CT molecular complexity index is 715. The molecule has 104 valence electrons.